The van der Waals surface area contributed by atoms with E-state index in [1.807, 2.05) is 18.2 Å². The Kier molecular flexibility index (Phi) is 17.6. The number of carbonyl (C=O) groups excluding carboxylic acids is 3. The molecule has 0 aromatic carbocycles. The van der Waals surface area contributed by atoms with Gasteiger partial charge in [0.1, 0.15) is 0 Å². The van der Waals surface area contributed by atoms with E-state index in [0.29, 0.717) is 54.7 Å². The van der Waals surface area contributed by atoms with Gasteiger partial charge in [-0.15, -0.1) is 0 Å². The molecule has 3 N–H and O–H groups in total. The molecule has 3 aliphatic heterocycles. The van der Waals surface area contributed by atoms with Crippen LogP contribution in [0.2, 0.25) is 0 Å². The molecule has 9 heterocycles. The van der Waals surface area contributed by atoms with E-state index in [1.54, 1.807) is 31.5 Å². The number of hydrogen-bond acceptors (Lipinski definition) is 18. The van der Waals surface area contributed by atoms with Crippen LogP contribution in [0.5, 0.6) is 0 Å². The molecule has 3 fully saturated rings. The monoisotopic (exact) mass is 1210 g/mol. The first-order valence-corrected chi connectivity index (χ1v) is 33.2. The lowest BCUT2D eigenvalue weighted by Gasteiger charge is -2.32. The Balaban J connectivity index is 0.000000136. The minimum atomic E-state index is -3.61. The van der Waals surface area contributed by atoms with Gasteiger partial charge in [-0.1, -0.05) is 68.9 Å². The summed E-state index contributed by atoms with van der Waals surface area (Å²) in [6.45, 7) is 7.02. The van der Waals surface area contributed by atoms with E-state index in [9.17, 15) is 39.6 Å². The van der Waals surface area contributed by atoms with Crippen LogP contribution < -0.4 is 16.0 Å². The normalized spacial score (nSPS) is 20.2. The zero-order valence-corrected chi connectivity index (χ0v) is 49.5. The van der Waals surface area contributed by atoms with Crippen LogP contribution in [0.15, 0.2) is 103 Å². The molecule has 0 radical (unpaired) electrons. The molecule has 3 saturated heterocycles. The van der Waals surface area contributed by atoms with Gasteiger partial charge in [-0.05, 0) is 129 Å². The molecule has 21 nitrogen and oxygen atoms in total. The predicted molar refractivity (Wildman–Crippen MR) is 311 cm³/mol. The lowest BCUT2D eigenvalue weighted by atomic mass is 9.90. The van der Waals surface area contributed by atoms with E-state index in [0.717, 1.165) is 109 Å². The molecular weight excluding hydrogens is 1150 g/mol. The summed E-state index contributed by atoms with van der Waals surface area (Å²) in [6.07, 6.45) is 23.6. The Labute approximate surface area is 483 Å². The Hall–Kier alpha value is -6.30. The number of piperidine rings is 3. The molecule has 3 unspecified atom stereocenters. The highest BCUT2D eigenvalue weighted by molar-refractivity contribution is 7.92. The minimum Gasteiger partial charge on any atom is -0.302 e. The molecular formula is C54H60N12O9S6. The molecule has 0 saturated carbocycles. The number of pyridine rings is 3. The largest absolute Gasteiger partial charge is 0.302 e. The highest BCUT2D eigenvalue weighted by Crippen LogP contribution is 2.39. The number of fused-ring (bicyclic) bond motifs is 3. The molecule has 3 aliphatic carbocycles. The quantitative estimate of drug-likeness (QED) is 0.106. The van der Waals surface area contributed by atoms with Crippen LogP contribution in [0.1, 0.15) is 93.1 Å². The van der Waals surface area contributed by atoms with Gasteiger partial charge in [0.2, 0.25) is 17.7 Å². The lowest BCUT2D eigenvalue weighted by Crippen LogP contribution is -2.40. The van der Waals surface area contributed by atoms with Crippen molar-refractivity contribution in [1.29, 1.82) is 0 Å². The van der Waals surface area contributed by atoms with Gasteiger partial charge in [0.25, 0.3) is 30.1 Å². The summed E-state index contributed by atoms with van der Waals surface area (Å²) in [6, 6.07) is 12.0. The lowest BCUT2D eigenvalue weighted by molar-refractivity contribution is -0.115. The van der Waals surface area contributed by atoms with Gasteiger partial charge in [-0.2, -0.15) is 12.9 Å². The summed E-state index contributed by atoms with van der Waals surface area (Å²) >= 11 is 2.96. The number of amides is 3. The zero-order chi connectivity index (χ0) is 57.1. The van der Waals surface area contributed by atoms with Crippen molar-refractivity contribution in [3.05, 3.63) is 124 Å². The summed E-state index contributed by atoms with van der Waals surface area (Å²) in [7, 11) is -10.8. The first-order chi connectivity index (χ1) is 38.8. The van der Waals surface area contributed by atoms with Crippen LogP contribution in [0.25, 0.3) is 18.2 Å². The van der Waals surface area contributed by atoms with Crippen LogP contribution in [0, 0.1) is 17.8 Å². The highest BCUT2D eigenvalue weighted by Gasteiger charge is 2.37. The summed E-state index contributed by atoms with van der Waals surface area (Å²) in [4.78, 5) is 58.6. The number of aromatic nitrogens is 6. The maximum Gasteiger partial charge on any atom is 0.254 e. The van der Waals surface area contributed by atoms with Gasteiger partial charge in [0.15, 0.2) is 28.0 Å². The number of sulfonamides is 3. The van der Waals surface area contributed by atoms with E-state index in [4.69, 9.17) is 0 Å². The summed E-state index contributed by atoms with van der Waals surface area (Å²) in [5.74, 6) is -0.213. The highest BCUT2D eigenvalue weighted by atomic mass is 32.3. The number of nitrogens with zero attached hydrogens (tertiary/aromatic N) is 9. The van der Waals surface area contributed by atoms with Crippen molar-refractivity contribution in [3.63, 3.8) is 0 Å². The fraction of sp³-hybridized carbons (Fsp3) is 0.389. The van der Waals surface area contributed by atoms with Crippen molar-refractivity contribution < 1.29 is 39.6 Å². The fourth-order valence-corrected chi connectivity index (χ4v) is 19.1. The average molecular weight is 1210 g/mol. The number of rotatable bonds is 12. The second-order valence-electron chi connectivity index (χ2n) is 20.4. The number of anilines is 3. The number of nitrogens with one attached hydrogen (secondary N) is 3. The smallest absolute Gasteiger partial charge is 0.254 e. The third kappa shape index (κ3) is 13.5. The van der Waals surface area contributed by atoms with E-state index in [1.165, 1.54) is 72.8 Å². The maximum atomic E-state index is 13.0. The molecule has 27 heteroatoms. The van der Waals surface area contributed by atoms with Crippen molar-refractivity contribution in [3.8, 4) is 0 Å². The van der Waals surface area contributed by atoms with Crippen molar-refractivity contribution in [1.82, 2.24) is 42.8 Å². The SMILES string of the molecule is CC(=O)Nc1ncc(S(=O)(=O)N2CCCC(C3=Cc4ncccc4C3)C2)s1.CC(=O)Nc1ncc(S(=O)(=O)N2CCCC(C3=Cc4ncccc4C3)C2)s1.CC(=O)Nc1ncc(S(=O)(=O)N2CCCC(C3=Cc4ncccc4C3)C2)s1. The molecule has 0 bridgehead atoms. The molecule has 81 heavy (non-hydrogen) atoms. The first kappa shape index (κ1) is 57.9. The van der Waals surface area contributed by atoms with E-state index in [2.05, 4.69) is 82.3 Å². The molecule has 6 aromatic rings. The second kappa shape index (κ2) is 24.7. The molecule has 3 atom stereocenters. The summed E-state index contributed by atoms with van der Waals surface area (Å²) in [5.41, 5.74) is 10.4. The Bertz CT molecular complexity index is 3430. The van der Waals surface area contributed by atoms with Gasteiger partial charge in [0.05, 0.1) is 35.7 Å². The van der Waals surface area contributed by atoms with Gasteiger partial charge < -0.3 is 16.0 Å². The van der Waals surface area contributed by atoms with Crippen LogP contribution in [0.4, 0.5) is 15.4 Å². The van der Waals surface area contributed by atoms with Crippen LogP contribution in [-0.2, 0) is 63.7 Å². The average Bonchev–Trinajstić information content (AvgIpc) is 4.54. The van der Waals surface area contributed by atoms with Crippen molar-refractivity contribution in [2.75, 3.05) is 55.2 Å². The van der Waals surface area contributed by atoms with Crippen molar-refractivity contribution in [2.45, 2.75) is 91.2 Å². The Morgan fingerprint density at radius 1 is 0.457 bits per heavy atom. The second-order valence-corrected chi connectivity index (χ2v) is 30.0. The van der Waals surface area contributed by atoms with Gasteiger partial charge in [0, 0.05) is 78.6 Å². The summed E-state index contributed by atoms with van der Waals surface area (Å²) in [5, 5.41) is 8.50. The Morgan fingerprint density at radius 2 is 0.741 bits per heavy atom. The molecule has 6 aromatic heterocycles. The molecule has 6 aliphatic rings. The van der Waals surface area contributed by atoms with Gasteiger partial charge >= 0.3 is 0 Å². The van der Waals surface area contributed by atoms with Crippen LogP contribution >= 0.6 is 34.0 Å². The van der Waals surface area contributed by atoms with Crippen molar-refractivity contribution >= 4 is 115 Å². The van der Waals surface area contributed by atoms with Crippen molar-refractivity contribution in [2.24, 2.45) is 17.8 Å². The molecule has 12 rings (SSSR count). The molecule has 3 amide bonds. The predicted octanol–water partition coefficient (Wildman–Crippen LogP) is 7.61. The zero-order valence-electron chi connectivity index (χ0n) is 44.6. The summed E-state index contributed by atoms with van der Waals surface area (Å²) < 4.78 is 83.2. The molecule has 426 valence electrons. The van der Waals surface area contributed by atoms with E-state index < -0.39 is 30.1 Å². The third-order valence-corrected chi connectivity index (χ3v) is 24.4. The molecule has 0 spiro atoms. The van der Waals surface area contributed by atoms with Crippen LogP contribution in [0.3, 0.4) is 0 Å². The minimum absolute atomic E-state index is 0.164. The van der Waals surface area contributed by atoms with E-state index >= 15 is 0 Å². The van der Waals surface area contributed by atoms with Gasteiger partial charge in [-0.3, -0.25) is 29.3 Å². The first-order valence-electron chi connectivity index (χ1n) is 26.4. The number of hydrogen-bond donors (Lipinski definition) is 3. The van der Waals surface area contributed by atoms with E-state index in [-0.39, 0.29) is 48.1 Å². The van der Waals surface area contributed by atoms with Crippen LogP contribution in [-0.4, -0.2) is 125 Å². The fourth-order valence-electron chi connectivity index (χ4n) is 10.8. The Morgan fingerprint density at radius 3 is 1.00 bits per heavy atom. The number of carbonyl (C=O) groups is 3. The topological polar surface area (TPSA) is 277 Å². The van der Waals surface area contributed by atoms with Gasteiger partial charge in [-0.25, -0.2) is 40.2 Å². The maximum absolute atomic E-state index is 13.0. The standard InChI is InChI=1S/3C18H20N4O3S2/c3*1-12(23)21-18-20-10-17(26-18)27(24,25)22-7-3-5-14(11-22)15-8-13-4-2-6-19-16(13)9-15/h3*2,4,6,9-10,14H,3,5,7-8,11H2,1H3,(H,20,21,23). The number of thiazole rings is 3. The third-order valence-electron chi connectivity index (χ3n) is 14.7.